The third-order valence-corrected chi connectivity index (χ3v) is 7.75. The van der Waals surface area contributed by atoms with E-state index in [2.05, 4.69) is 20.6 Å². The summed E-state index contributed by atoms with van der Waals surface area (Å²) in [5.41, 5.74) is 2.41. The molecule has 1 atom stereocenters. The average molecular weight is 625 g/mol. The molecular weight excluding hydrogens is 601 g/mol. The fourth-order valence-corrected chi connectivity index (χ4v) is 5.14. The van der Waals surface area contributed by atoms with Gasteiger partial charge >= 0.3 is 0 Å². The molecule has 2 heterocycles. The van der Waals surface area contributed by atoms with Crippen LogP contribution < -0.4 is 16.0 Å². The van der Waals surface area contributed by atoms with E-state index >= 15 is 0 Å². The predicted octanol–water partition coefficient (Wildman–Crippen LogP) is 3.55. The average Bonchev–Trinajstić information content (AvgIpc) is 3.41. The zero-order valence-electron chi connectivity index (χ0n) is 21.8. The van der Waals surface area contributed by atoms with E-state index in [1.165, 1.54) is 40.0 Å². The van der Waals surface area contributed by atoms with Crippen molar-refractivity contribution in [1.29, 1.82) is 0 Å². The number of nitrogens with two attached hydrogens (primary N) is 1. The number of carbonyl (C=O) groups excluding carboxylic acids is 1. The Morgan fingerprint density at radius 3 is 2.36 bits per heavy atom. The van der Waals surface area contributed by atoms with Gasteiger partial charge < -0.3 is 5.32 Å². The van der Waals surface area contributed by atoms with E-state index in [1.807, 2.05) is 30.3 Å². The molecule has 0 radical (unpaired) electrons. The lowest BCUT2D eigenvalue weighted by Gasteiger charge is -2.20. The lowest BCUT2D eigenvalue weighted by molar-refractivity contribution is -0.124. The minimum absolute atomic E-state index is 0.0352. The van der Waals surface area contributed by atoms with Gasteiger partial charge in [-0.2, -0.15) is 0 Å². The highest BCUT2D eigenvalue weighted by Gasteiger charge is 2.23. The van der Waals surface area contributed by atoms with E-state index in [0.717, 1.165) is 5.56 Å². The molecule has 42 heavy (non-hydrogen) atoms. The standard InChI is InChI=1S/C28H23Cl2N7O4S/c29-20-8-11-24(37-16-26(30)34-35-37)22(13-20)23-14-27(38)36(17-33-23)25(12-18-4-2-1-3-5-18)28(39)32-15-19-6-9-21(10-7-19)42(31,40)41/h1-11,13-14,16-17,25H,12,15H2,(H,32,39)(H2,31,40,41). The molecule has 3 N–H and O–H groups in total. The Balaban J connectivity index is 1.45. The fraction of sp³-hybridized carbons (Fsp3) is 0.107. The number of carbonyl (C=O) groups is 1. The van der Waals surface area contributed by atoms with Gasteiger partial charge in [0.25, 0.3) is 5.56 Å². The highest BCUT2D eigenvalue weighted by atomic mass is 35.5. The number of halogens is 2. The Morgan fingerprint density at radius 2 is 1.71 bits per heavy atom. The van der Waals surface area contributed by atoms with Crippen LogP contribution in [-0.2, 0) is 27.8 Å². The predicted molar refractivity (Wildman–Crippen MR) is 158 cm³/mol. The van der Waals surface area contributed by atoms with Gasteiger partial charge in [0.1, 0.15) is 6.04 Å². The summed E-state index contributed by atoms with van der Waals surface area (Å²) >= 11 is 12.2. The number of nitrogens with one attached hydrogen (secondary N) is 1. The van der Waals surface area contributed by atoms with Gasteiger partial charge in [-0.05, 0) is 41.5 Å². The third kappa shape index (κ3) is 6.74. The van der Waals surface area contributed by atoms with E-state index in [4.69, 9.17) is 28.3 Å². The van der Waals surface area contributed by atoms with Crippen molar-refractivity contribution in [3.8, 4) is 16.9 Å². The molecule has 14 heteroatoms. The summed E-state index contributed by atoms with van der Waals surface area (Å²) in [7, 11) is -3.84. The summed E-state index contributed by atoms with van der Waals surface area (Å²) in [5.74, 6) is -0.424. The molecular formula is C28H23Cl2N7O4S. The summed E-state index contributed by atoms with van der Waals surface area (Å²) < 4.78 is 25.8. The first-order valence-electron chi connectivity index (χ1n) is 12.5. The molecule has 0 aliphatic rings. The number of nitrogens with zero attached hydrogens (tertiary/aromatic N) is 5. The Bertz CT molecular complexity index is 1910. The van der Waals surface area contributed by atoms with Crippen LogP contribution in [0.3, 0.4) is 0 Å². The zero-order chi connectivity index (χ0) is 29.9. The van der Waals surface area contributed by atoms with Crippen LogP contribution in [0.2, 0.25) is 10.2 Å². The Labute approximate surface area is 250 Å². The maximum absolute atomic E-state index is 13.5. The van der Waals surface area contributed by atoms with Crippen LogP contribution in [0.4, 0.5) is 0 Å². The van der Waals surface area contributed by atoms with Gasteiger partial charge in [-0.1, -0.05) is 70.9 Å². The second-order valence-corrected chi connectivity index (χ2v) is 11.7. The minimum atomic E-state index is -3.84. The van der Waals surface area contributed by atoms with Crippen LogP contribution in [0.5, 0.6) is 0 Å². The van der Waals surface area contributed by atoms with Crippen molar-refractivity contribution in [1.82, 2.24) is 29.9 Å². The molecule has 5 rings (SSSR count). The molecule has 0 saturated heterocycles. The number of aromatic nitrogens is 5. The van der Waals surface area contributed by atoms with Gasteiger partial charge in [-0.3, -0.25) is 14.2 Å². The third-order valence-electron chi connectivity index (χ3n) is 6.41. The molecule has 0 saturated carbocycles. The molecule has 0 bridgehead atoms. The van der Waals surface area contributed by atoms with Crippen molar-refractivity contribution in [3.63, 3.8) is 0 Å². The van der Waals surface area contributed by atoms with Gasteiger partial charge in [-0.25, -0.2) is 23.2 Å². The highest BCUT2D eigenvalue weighted by molar-refractivity contribution is 7.89. The summed E-state index contributed by atoms with van der Waals surface area (Å²) in [4.78, 5) is 31.4. The maximum Gasteiger partial charge on any atom is 0.254 e. The van der Waals surface area contributed by atoms with E-state index in [9.17, 15) is 18.0 Å². The van der Waals surface area contributed by atoms with Crippen molar-refractivity contribution in [3.05, 3.63) is 123 Å². The summed E-state index contributed by atoms with van der Waals surface area (Å²) in [6.07, 6.45) is 3.06. The van der Waals surface area contributed by atoms with Crippen LogP contribution >= 0.6 is 23.2 Å². The quantitative estimate of drug-likeness (QED) is 0.254. The number of benzene rings is 3. The van der Waals surface area contributed by atoms with Crippen LogP contribution in [0.25, 0.3) is 16.9 Å². The second-order valence-electron chi connectivity index (χ2n) is 9.28. The molecule has 214 valence electrons. The molecule has 0 aliphatic heterocycles. The van der Waals surface area contributed by atoms with Gasteiger partial charge in [0.05, 0.1) is 28.8 Å². The molecule has 11 nitrogen and oxygen atoms in total. The van der Waals surface area contributed by atoms with Gasteiger partial charge in [0.2, 0.25) is 15.9 Å². The Morgan fingerprint density at radius 1 is 0.976 bits per heavy atom. The number of primary sulfonamides is 1. The normalized spacial score (nSPS) is 12.2. The van der Waals surface area contributed by atoms with Crippen LogP contribution in [0.1, 0.15) is 17.2 Å². The monoisotopic (exact) mass is 623 g/mol. The van der Waals surface area contributed by atoms with Gasteiger partial charge in [0.15, 0.2) is 5.15 Å². The van der Waals surface area contributed by atoms with Crippen molar-refractivity contribution in [2.45, 2.75) is 23.9 Å². The fourth-order valence-electron chi connectivity index (χ4n) is 4.32. The SMILES string of the molecule is NS(=O)(=O)c1ccc(CNC(=O)C(Cc2ccccc2)n2cnc(-c3cc(Cl)ccc3-n3cc(Cl)nn3)cc2=O)cc1. The van der Waals surface area contributed by atoms with Gasteiger partial charge in [0, 0.05) is 29.6 Å². The minimum Gasteiger partial charge on any atom is -0.350 e. The first kappa shape index (κ1) is 29.1. The number of amides is 1. The van der Waals surface area contributed by atoms with E-state index < -0.39 is 27.5 Å². The second kappa shape index (κ2) is 12.2. The summed E-state index contributed by atoms with van der Waals surface area (Å²) in [6.45, 7) is 0.0988. The van der Waals surface area contributed by atoms with Crippen LogP contribution in [0.15, 0.2) is 101 Å². The lowest BCUT2D eigenvalue weighted by atomic mass is 10.0. The van der Waals surface area contributed by atoms with E-state index in [0.29, 0.717) is 27.5 Å². The van der Waals surface area contributed by atoms with Crippen molar-refractivity contribution < 1.29 is 13.2 Å². The van der Waals surface area contributed by atoms with Crippen LogP contribution in [-0.4, -0.2) is 38.9 Å². The molecule has 1 unspecified atom stereocenters. The first-order valence-corrected chi connectivity index (χ1v) is 14.8. The zero-order valence-corrected chi connectivity index (χ0v) is 24.1. The molecule has 3 aromatic carbocycles. The number of rotatable bonds is 9. The smallest absolute Gasteiger partial charge is 0.254 e. The number of sulfonamides is 1. The van der Waals surface area contributed by atoms with Crippen molar-refractivity contribution in [2.75, 3.05) is 0 Å². The topological polar surface area (TPSA) is 155 Å². The summed E-state index contributed by atoms with van der Waals surface area (Å²) in [6, 6.07) is 20.5. The maximum atomic E-state index is 13.5. The molecule has 2 aromatic heterocycles. The molecule has 1 amide bonds. The number of hydrogen-bond acceptors (Lipinski definition) is 7. The van der Waals surface area contributed by atoms with Gasteiger partial charge in [-0.15, -0.1) is 5.10 Å². The van der Waals surface area contributed by atoms with E-state index in [1.54, 1.807) is 30.3 Å². The van der Waals surface area contributed by atoms with Crippen molar-refractivity contribution in [2.24, 2.45) is 5.14 Å². The Hall–Kier alpha value is -4.36. The first-order chi connectivity index (χ1) is 20.1. The molecule has 5 aromatic rings. The van der Waals surface area contributed by atoms with Crippen molar-refractivity contribution >= 4 is 39.1 Å². The lowest BCUT2D eigenvalue weighted by Crippen LogP contribution is -2.38. The molecule has 0 aliphatic carbocycles. The molecule has 0 spiro atoms. The Kier molecular flexibility index (Phi) is 8.50. The van der Waals surface area contributed by atoms with Crippen LogP contribution in [0, 0.1) is 0 Å². The van der Waals surface area contributed by atoms with E-state index in [-0.39, 0.29) is 23.0 Å². The molecule has 0 fully saturated rings. The largest absolute Gasteiger partial charge is 0.350 e. The number of hydrogen-bond donors (Lipinski definition) is 2. The highest BCUT2D eigenvalue weighted by Crippen LogP contribution is 2.28. The summed E-state index contributed by atoms with van der Waals surface area (Å²) in [5, 5.41) is 16.4.